The highest BCUT2D eigenvalue weighted by molar-refractivity contribution is 9.10. The van der Waals surface area contributed by atoms with Gasteiger partial charge in [0.25, 0.3) is 0 Å². The van der Waals surface area contributed by atoms with Crippen molar-refractivity contribution < 1.29 is 23.9 Å². The van der Waals surface area contributed by atoms with Crippen LogP contribution in [0.3, 0.4) is 0 Å². The predicted octanol–water partition coefficient (Wildman–Crippen LogP) is 3.77. The Kier molecular flexibility index (Phi) is 7.71. The lowest BCUT2D eigenvalue weighted by atomic mass is 10.2. The van der Waals surface area contributed by atoms with Crippen LogP contribution in [0.2, 0.25) is 0 Å². The molecule has 0 atom stereocenters. The number of hydrogen-bond acceptors (Lipinski definition) is 6. The van der Waals surface area contributed by atoms with Crippen LogP contribution in [0, 0.1) is 0 Å². The van der Waals surface area contributed by atoms with Gasteiger partial charge in [0.15, 0.2) is 0 Å². The Hall–Kier alpha value is -3.98. The molecule has 0 aromatic heterocycles. The molecule has 9 heteroatoms. The minimum absolute atomic E-state index is 0.239. The molecule has 0 radical (unpaired) electrons. The average Bonchev–Trinajstić information content (AvgIpc) is 2.81. The molecule has 2 N–H and O–H groups in total. The van der Waals surface area contributed by atoms with Gasteiger partial charge in [-0.25, -0.2) is 10.2 Å². The second-order valence-electron chi connectivity index (χ2n) is 6.32. The number of hydrazone groups is 1. The smallest absolute Gasteiger partial charge is 0.343 e. The van der Waals surface area contributed by atoms with Crippen molar-refractivity contribution in [3.05, 3.63) is 88.4 Å². The van der Waals surface area contributed by atoms with Gasteiger partial charge in [0, 0.05) is 15.7 Å². The first kappa shape index (κ1) is 22.7. The van der Waals surface area contributed by atoms with Crippen LogP contribution in [0.15, 0.2) is 82.4 Å². The second kappa shape index (κ2) is 10.9. The normalized spacial score (nSPS) is 10.4. The number of amides is 2. The van der Waals surface area contributed by atoms with Crippen molar-refractivity contribution in [1.82, 2.24) is 5.43 Å². The number of ether oxygens (including phenoxy) is 2. The number of nitrogens with one attached hydrogen (secondary N) is 2. The Morgan fingerprint density at radius 1 is 0.938 bits per heavy atom. The molecule has 0 unspecified atom stereocenters. The average molecular weight is 496 g/mol. The van der Waals surface area contributed by atoms with Crippen LogP contribution < -0.4 is 20.2 Å². The van der Waals surface area contributed by atoms with E-state index in [2.05, 4.69) is 31.8 Å². The third kappa shape index (κ3) is 6.26. The summed E-state index contributed by atoms with van der Waals surface area (Å²) in [5.41, 5.74) is 3.38. The van der Waals surface area contributed by atoms with Crippen molar-refractivity contribution in [2.24, 2.45) is 5.10 Å². The maximum Gasteiger partial charge on any atom is 0.343 e. The van der Waals surface area contributed by atoms with Crippen LogP contribution in [0.25, 0.3) is 0 Å². The third-order valence-electron chi connectivity index (χ3n) is 4.11. The summed E-state index contributed by atoms with van der Waals surface area (Å²) in [5, 5.41) is 6.25. The van der Waals surface area contributed by atoms with Gasteiger partial charge in [-0.2, -0.15) is 5.10 Å². The Bertz CT molecular complexity index is 1150. The molecule has 3 rings (SSSR count). The van der Waals surface area contributed by atoms with E-state index >= 15 is 0 Å². The first-order valence-electron chi connectivity index (χ1n) is 9.31. The molecule has 0 fully saturated rings. The van der Waals surface area contributed by atoms with Crippen molar-refractivity contribution in [3.8, 4) is 11.5 Å². The van der Waals surface area contributed by atoms with E-state index in [1.54, 1.807) is 72.8 Å². The zero-order valence-corrected chi connectivity index (χ0v) is 18.5. The van der Waals surface area contributed by atoms with E-state index < -0.39 is 17.8 Å². The SMILES string of the molecule is COc1ccc(NC(=O)C(=O)N/N=C\c2cc(Br)ccc2OC(=O)c2ccccc2)cc1. The quantitative estimate of drug-likeness (QED) is 0.178. The largest absolute Gasteiger partial charge is 0.497 e. The van der Waals surface area contributed by atoms with Gasteiger partial charge >= 0.3 is 17.8 Å². The first-order valence-corrected chi connectivity index (χ1v) is 10.1. The fourth-order valence-electron chi connectivity index (χ4n) is 2.52. The van der Waals surface area contributed by atoms with E-state index in [1.165, 1.54) is 13.3 Å². The van der Waals surface area contributed by atoms with Crippen molar-refractivity contribution in [1.29, 1.82) is 0 Å². The molecular formula is C23H18BrN3O5. The van der Waals surface area contributed by atoms with Crippen molar-refractivity contribution >= 4 is 45.6 Å². The van der Waals surface area contributed by atoms with Gasteiger partial charge in [0.1, 0.15) is 11.5 Å². The van der Waals surface area contributed by atoms with Crippen molar-refractivity contribution in [2.75, 3.05) is 12.4 Å². The number of carbonyl (C=O) groups excluding carboxylic acids is 3. The van der Waals surface area contributed by atoms with Crippen molar-refractivity contribution in [3.63, 3.8) is 0 Å². The summed E-state index contributed by atoms with van der Waals surface area (Å²) in [6, 6.07) is 20.0. The van der Waals surface area contributed by atoms with Crippen LogP contribution in [-0.4, -0.2) is 31.1 Å². The Morgan fingerprint density at radius 3 is 2.34 bits per heavy atom. The number of rotatable bonds is 6. The van der Waals surface area contributed by atoms with Gasteiger partial charge in [0.05, 0.1) is 18.9 Å². The lowest BCUT2D eigenvalue weighted by Gasteiger charge is -2.08. The van der Waals surface area contributed by atoms with E-state index in [1.807, 2.05) is 0 Å². The van der Waals surface area contributed by atoms with Gasteiger partial charge in [-0.3, -0.25) is 9.59 Å². The summed E-state index contributed by atoms with van der Waals surface area (Å²) < 4.78 is 11.2. The molecule has 0 aliphatic heterocycles. The summed E-state index contributed by atoms with van der Waals surface area (Å²) >= 11 is 3.34. The molecule has 0 aliphatic rings. The summed E-state index contributed by atoms with van der Waals surface area (Å²) in [6.07, 6.45) is 1.27. The standard InChI is InChI=1S/C23H18BrN3O5/c1-31-19-10-8-18(9-11-19)26-21(28)22(29)27-25-14-16-13-17(24)7-12-20(16)32-23(30)15-5-3-2-4-6-15/h2-14H,1H3,(H,26,28)(H,27,29)/b25-14-. The number of esters is 1. The molecule has 2 amide bonds. The monoisotopic (exact) mass is 495 g/mol. The second-order valence-corrected chi connectivity index (χ2v) is 7.24. The summed E-state index contributed by atoms with van der Waals surface area (Å²) in [6.45, 7) is 0. The number of carbonyl (C=O) groups is 3. The topological polar surface area (TPSA) is 106 Å². The molecule has 0 aliphatic carbocycles. The van der Waals surface area contributed by atoms with Crippen molar-refractivity contribution in [2.45, 2.75) is 0 Å². The van der Waals surface area contributed by atoms with E-state index in [4.69, 9.17) is 9.47 Å². The highest BCUT2D eigenvalue weighted by atomic mass is 79.9. The number of anilines is 1. The summed E-state index contributed by atoms with van der Waals surface area (Å²) in [5.74, 6) is -1.53. The van der Waals surface area contributed by atoms with Crippen LogP contribution in [0.1, 0.15) is 15.9 Å². The van der Waals surface area contributed by atoms with Gasteiger partial charge in [-0.15, -0.1) is 0 Å². The van der Waals surface area contributed by atoms with E-state index in [-0.39, 0.29) is 5.75 Å². The highest BCUT2D eigenvalue weighted by Crippen LogP contribution is 2.23. The number of hydrogen-bond donors (Lipinski definition) is 2. The zero-order valence-electron chi connectivity index (χ0n) is 16.9. The molecular weight excluding hydrogens is 478 g/mol. The Balaban J connectivity index is 1.63. The van der Waals surface area contributed by atoms with E-state index in [9.17, 15) is 14.4 Å². The van der Waals surface area contributed by atoms with Crippen LogP contribution in [-0.2, 0) is 9.59 Å². The fraction of sp³-hybridized carbons (Fsp3) is 0.0435. The zero-order chi connectivity index (χ0) is 22.9. The molecule has 0 spiro atoms. The van der Waals surface area contributed by atoms with Crippen LogP contribution in [0.4, 0.5) is 5.69 Å². The molecule has 3 aromatic carbocycles. The number of methoxy groups -OCH3 is 1. The Labute approximate surface area is 192 Å². The number of halogens is 1. The number of nitrogens with zero attached hydrogens (tertiary/aromatic N) is 1. The minimum atomic E-state index is -0.963. The van der Waals surface area contributed by atoms with Gasteiger partial charge in [-0.1, -0.05) is 34.1 Å². The Morgan fingerprint density at radius 2 is 1.66 bits per heavy atom. The predicted molar refractivity (Wildman–Crippen MR) is 123 cm³/mol. The molecule has 162 valence electrons. The van der Waals surface area contributed by atoms with Crippen LogP contribution in [0.5, 0.6) is 11.5 Å². The van der Waals surface area contributed by atoms with Gasteiger partial charge < -0.3 is 14.8 Å². The maximum absolute atomic E-state index is 12.3. The minimum Gasteiger partial charge on any atom is -0.497 e. The summed E-state index contributed by atoms with van der Waals surface area (Å²) in [7, 11) is 1.53. The molecule has 0 heterocycles. The fourth-order valence-corrected chi connectivity index (χ4v) is 2.90. The third-order valence-corrected chi connectivity index (χ3v) is 4.60. The first-order chi connectivity index (χ1) is 15.5. The number of benzene rings is 3. The molecule has 32 heavy (non-hydrogen) atoms. The molecule has 0 saturated heterocycles. The lowest BCUT2D eigenvalue weighted by Crippen LogP contribution is -2.32. The highest BCUT2D eigenvalue weighted by Gasteiger charge is 2.14. The van der Waals surface area contributed by atoms with E-state index in [0.717, 1.165) is 0 Å². The molecule has 0 bridgehead atoms. The molecule has 3 aromatic rings. The maximum atomic E-state index is 12.3. The summed E-state index contributed by atoms with van der Waals surface area (Å²) in [4.78, 5) is 36.4. The molecule has 0 saturated carbocycles. The van der Waals surface area contributed by atoms with Crippen LogP contribution >= 0.6 is 15.9 Å². The van der Waals surface area contributed by atoms with Gasteiger partial charge in [-0.05, 0) is 54.6 Å². The van der Waals surface area contributed by atoms with E-state index in [0.29, 0.717) is 27.0 Å². The molecule has 8 nitrogen and oxygen atoms in total. The van der Waals surface area contributed by atoms with Gasteiger partial charge in [0.2, 0.25) is 0 Å². The lowest BCUT2D eigenvalue weighted by molar-refractivity contribution is -0.136.